The first-order valence-corrected chi connectivity index (χ1v) is 12.3. The van der Waals surface area contributed by atoms with Crippen molar-refractivity contribution in [3.8, 4) is 0 Å². The first-order chi connectivity index (χ1) is 17.6. The number of halogens is 3. The highest BCUT2D eigenvalue weighted by molar-refractivity contribution is 6.03. The van der Waals surface area contributed by atoms with Crippen LogP contribution in [0.15, 0.2) is 45.4 Å². The number of oxazole rings is 1. The summed E-state index contributed by atoms with van der Waals surface area (Å²) in [5.41, 5.74) is 0.844. The van der Waals surface area contributed by atoms with Crippen LogP contribution in [0.25, 0.3) is 5.57 Å². The maximum Gasteiger partial charge on any atom is 0.435 e. The SMILES string of the molecule is C=C1CCCON(CC(=O)N2CCN(C3=CC(OC)=C(c4cnc(C)o4)CC3)[C@@H](C)C2)/N=C\1C(F)(F)F. The summed E-state index contributed by atoms with van der Waals surface area (Å²) < 4.78 is 51.6. The van der Waals surface area contributed by atoms with E-state index in [9.17, 15) is 18.0 Å². The lowest BCUT2D eigenvalue weighted by Gasteiger charge is -2.43. The molecule has 0 aromatic carbocycles. The van der Waals surface area contributed by atoms with E-state index in [0.29, 0.717) is 37.7 Å². The van der Waals surface area contributed by atoms with Gasteiger partial charge >= 0.3 is 6.18 Å². The number of ether oxygens (including phenoxy) is 1. The Bertz CT molecular complexity index is 1120. The molecule has 1 atom stereocenters. The van der Waals surface area contributed by atoms with Gasteiger partial charge in [-0.25, -0.2) is 4.98 Å². The van der Waals surface area contributed by atoms with Gasteiger partial charge in [-0.2, -0.15) is 18.3 Å². The van der Waals surface area contributed by atoms with Gasteiger partial charge in [0.05, 0.1) is 19.9 Å². The van der Waals surface area contributed by atoms with E-state index >= 15 is 0 Å². The lowest BCUT2D eigenvalue weighted by atomic mass is 9.97. The van der Waals surface area contributed by atoms with E-state index in [2.05, 4.69) is 21.6 Å². The van der Waals surface area contributed by atoms with Crippen LogP contribution in [-0.4, -0.2) is 83.7 Å². The Kier molecular flexibility index (Phi) is 7.96. The molecule has 1 fully saturated rings. The van der Waals surface area contributed by atoms with Crippen molar-refractivity contribution in [3.63, 3.8) is 0 Å². The van der Waals surface area contributed by atoms with Crippen molar-refractivity contribution in [2.75, 3.05) is 39.9 Å². The Morgan fingerprint density at radius 1 is 1.27 bits per heavy atom. The van der Waals surface area contributed by atoms with Crippen LogP contribution in [0.4, 0.5) is 13.2 Å². The van der Waals surface area contributed by atoms with Crippen molar-refractivity contribution in [3.05, 3.63) is 47.5 Å². The molecule has 3 heterocycles. The molecule has 1 aromatic rings. The van der Waals surface area contributed by atoms with Gasteiger partial charge in [0.1, 0.15) is 12.3 Å². The monoisotopic (exact) mass is 523 g/mol. The molecule has 0 saturated carbocycles. The number of amides is 1. The molecule has 0 spiro atoms. The van der Waals surface area contributed by atoms with Crippen molar-refractivity contribution in [2.45, 2.75) is 51.7 Å². The van der Waals surface area contributed by atoms with Crippen molar-refractivity contribution >= 4 is 17.2 Å². The van der Waals surface area contributed by atoms with Gasteiger partial charge in [0.25, 0.3) is 0 Å². The zero-order chi connectivity index (χ0) is 26.7. The van der Waals surface area contributed by atoms with Gasteiger partial charge in [-0.1, -0.05) is 6.58 Å². The average Bonchev–Trinajstić information content (AvgIpc) is 3.28. The minimum Gasteiger partial charge on any atom is -0.496 e. The highest BCUT2D eigenvalue weighted by atomic mass is 19.4. The first kappa shape index (κ1) is 26.8. The number of hydrogen-bond donors (Lipinski definition) is 0. The second-order valence-corrected chi connectivity index (χ2v) is 9.31. The topological polar surface area (TPSA) is 83.6 Å². The van der Waals surface area contributed by atoms with Crippen molar-refractivity contribution in [1.29, 1.82) is 0 Å². The Labute approximate surface area is 213 Å². The molecule has 0 unspecified atom stereocenters. The number of piperazine rings is 1. The molecule has 4 rings (SSSR count). The lowest BCUT2D eigenvalue weighted by Crippen LogP contribution is -2.54. The number of hydrazone groups is 1. The molecule has 1 amide bonds. The minimum atomic E-state index is -4.67. The number of methoxy groups -OCH3 is 1. The fourth-order valence-corrected chi connectivity index (χ4v) is 4.79. The van der Waals surface area contributed by atoms with Gasteiger partial charge in [-0.15, -0.1) is 5.10 Å². The first-order valence-electron chi connectivity index (χ1n) is 12.3. The summed E-state index contributed by atoms with van der Waals surface area (Å²) in [6.07, 6.45) is 1.03. The minimum absolute atomic E-state index is 0.00148. The Hall–Kier alpha value is -3.28. The van der Waals surface area contributed by atoms with Gasteiger partial charge in [-0.3, -0.25) is 9.63 Å². The van der Waals surface area contributed by atoms with E-state index in [1.165, 1.54) is 0 Å². The summed E-state index contributed by atoms with van der Waals surface area (Å²) in [5, 5.41) is 4.34. The number of carbonyl (C=O) groups is 1. The summed E-state index contributed by atoms with van der Waals surface area (Å²) in [4.78, 5) is 26.4. The van der Waals surface area contributed by atoms with Gasteiger partial charge in [0.15, 0.2) is 17.4 Å². The summed E-state index contributed by atoms with van der Waals surface area (Å²) in [5.74, 6) is 1.66. The quantitative estimate of drug-likeness (QED) is 0.576. The standard InChI is InChI=1S/C25H32F3N5O4/c1-16-6-5-11-36-33(30-24(16)25(26,27)28)15-23(34)31-9-10-32(17(2)14-31)19-7-8-20(21(12-19)35-4)22-13-29-18(3)37-22/h12-13,17H,1,5-11,14-15H2,2-4H3/b30-24+/t17-/m0/s1. The molecule has 0 radical (unpaired) electrons. The number of hydrogen-bond acceptors (Lipinski definition) is 8. The second kappa shape index (κ2) is 11.0. The fraction of sp³-hybridized carbons (Fsp3) is 0.560. The van der Waals surface area contributed by atoms with E-state index in [0.717, 1.165) is 35.0 Å². The Balaban J connectivity index is 1.42. The van der Waals surface area contributed by atoms with Crippen LogP contribution in [0.3, 0.4) is 0 Å². The molecule has 3 aliphatic rings. The van der Waals surface area contributed by atoms with E-state index in [1.807, 2.05) is 13.0 Å². The van der Waals surface area contributed by atoms with Crippen molar-refractivity contribution < 1.29 is 32.0 Å². The lowest BCUT2D eigenvalue weighted by molar-refractivity contribution is -0.177. The predicted octanol–water partition coefficient (Wildman–Crippen LogP) is 4.05. The average molecular weight is 524 g/mol. The third-order valence-corrected chi connectivity index (χ3v) is 6.66. The number of allylic oxidation sites excluding steroid dienone is 4. The van der Waals surface area contributed by atoms with E-state index < -0.39 is 18.4 Å². The number of aryl methyl sites for hydroxylation is 1. The number of nitrogens with zero attached hydrogens (tertiary/aromatic N) is 5. The second-order valence-electron chi connectivity index (χ2n) is 9.31. The molecule has 0 bridgehead atoms. The van der Waals surface area contributed by atoms with Crippen LogP contribution < -0.4 is 0 Å². The number of alkyl halides is 3. The Morgan fingerprint density at radius 2 is 2.05 bits per heavy atom. The summed E-state index contributed by atoms with van der Waals surface area (Å²) in [6.45, 7) is 8.50. The molecule has 1 saturated heterocycles. The summed E-state index contributed by atoms with van der Waals surface area (Å²) in [6, 6.07) is -0.00148. The van der Waals surface area contributed by atoms with Gasteiger partial charge in [0.2, 0.25) is 5.91 Å². The molecular weight excluding hydrogens is 491 g/mol. The molecule has 37 heavy (non-hydrogen) atoms. The summed E-state index contributed by atoms with van der Waals surface area (Å²) in [7, 11) is 1.62. The zero-order valence-electron chi connectivity index (χ0n) is 21.3. The zero-order valence-corrected chi connectivity index (χ0v) is 21.3. The summed E-state index contributed by atoms with van der Waals surface area (Å²) >= 11 is 0. The van der Waals surface area contributed by atoms with Crippen LogP contribution >= 0.6 is 0 Å². The number of rotatable bonds is 5. The Morgan fingerprint density at radius 3 is 2.70 bits per heavy atom. The number of aromatic nitrogens is 1. The third kappa shape index (κ3) is 6.17. The predicted molar refractivity (Wildman–Crippen MR) is 130 cm³/mol. The third-order valence-electron chi connectivity index (χ3n) is 6.66. The molecule has 12 heteroatoms. The molecule has 0 N–H and O–H groups in total. The van der Waals surface area contributed by atoms with Crippen molar-refractivity contribution in [2.24, 2.45) is 5.10 Å². The highest BCUT2D eigenvalue weighted by Crippen LogP contribution is 2.35. The van der Waals surface area contributed by atoms with Crippen LogP contribution in [0.1, 0.15) is 44.3 Å². The van der Waals surface area contributed by atoms with Crippen LogP contribution in [0.2, 0.25) is 0 Å². The van der Waals surface area contributed by atoms with Gasteiger partial charge in [0, 0.05) is 43.9 Å². The smallest absolute Gasteiger partial charge is 0.435 e. The van der Waals surface area contributed by atoms with Crippen LogP contribution in [0, 0.1) is 6.92 Å². The van der Waals surface area contributed by atoms with Crippen LogP contribution in [-0.2, 0) is 14.4 Å². The molecule has 1 aromatic heterocycles. The maximum atomic E-state index is 13.4. The number of hydroxylamine groups is 1. The van der Waals surface area contributed by atoms with E-state index in [4.69, 9.17) is 14.0 Å². The van der Waals surface area contributed by atoms with Crippen LogP contribution in [0.5, 0.6) is 0 Å². The largest absolute Gasteiger partial charge is 0.496 e. The molecular formula is C25H32F3N5O4. The highest BCUT2D eigenvalue weighted by Gasteiger charge is 2.39. The van der Waals surface area contributed by atoms with Gasteiger partial charge in [-0.05, 0) is 44.3 Å². The molecule has 9 nitrogen and oxygen atoms in total. The number of carbonyl (C=O) groups excluding carboxylic acids is 1. The molecule has 1 aliphatic carbocycles. The van der Waals surface area contributed by atoms with E-state index in [1.54, 1.807) is 25.1 Å². The van der Waals surface area contributed by atoms with Gasteiger partial charge < -0.3 is 19.0 Å². The maximum absolute atomic E-state index is 13.4. The molecule has 2 aliphatic heterocycles. The van der Waals surface area contributed by atoms with E-state index in [-0.39, 0.29) is 30.5 Å². The fourth-order valence-electron chi connectivity index (χ4n) is 4.79. The van der Waals surface area contributed by atoms with Crippen molar-refractivity contribution in [1.82, 2.24) is 20.0 Å². The normalized spacial score (nSPS) is 23.4. The molecule has 202 valence electrons.